The van der Waals surface area contributed by atoms with Crippen LogP contribution in [0.2, 0.25) is 0 Å². The maximum Gasteiger partial charge on any atom is 0.407 e. The lowest BCUT2D eigenvalue weighted by molar-refractivity contribution is 0.0529. The van der Waals surface area contributed by atoms with Crippen molar-refractivity contribution in [1.82, 2.24) is 25.7 Å². The number of hydrogen-bond donors (Lipinski definition) is 3. The van der Waals surface area contributed by atoms with E-state index in [1.807, 2.05) is 68.2 Å². The van der Waals surface area contributed by atoms with Gasteiger partial charge in [-0.05, 0) is 44.9 Å². The van der Waals surface area contributed by atoms with Gasteiger partial charge in [0.05, 0.1) is 11.9 Å². The highest BCUT2D eigenvalue weighted by Crippen LogP contribution is 2.08. The van der Waals surface area contributed by atoms with Crippen molar-refractivity contribution in [3.05, 3.63) is 48.3 Å². The van der Waals surface area contributed by atoms with E-state index < -0.39 is 11.7 Å². The van der Waals surface area contributed by atoms with E-state index in [4.69, 9.17) is 4.74 Å². The standard InChI is InChI=1S/C20H30N6O2.HI/c1-20(2,3)28-19(27)24-13-12-23-18(21-4)22-11-10-16-14-25-26(15-16)17-8-6-5-7-9-17;/h5-9,14-15H,10-13H2,1-4H3,(H,24,27)(H2,21,22,23);1H. The fourth-order valence-corrected chi connectivity index (χ4v) is 2.42. The summed E-state index contributed by atoms with van der Waals surface area (Å²) in [6.45, 7) is 7.21. The zero-order valence-electron chi connectivity index (χ0n) is 17.4. The Balaban J connectivity index is 0.00000420. The molecule has 3 N–H and O–H groups in total. The largest absolute Gasteiger partial charge is 0.444 e. The molecule has 1 amide bonds. The Morgan fingerprint density at radius 2 is 1.76 bits per heavy atom. The second kappa shape index (κ2) is 12.3. The van der Waals surface area contributed by atoms with Crippen molar-refractivity contribution < 1.29 is 9.53 Å². The van der Waals surface area contributed by atoms with Gasteiger partial charge in [-0.2, -0.15) is 5.10 Å². The lowest BCUT2D eigenvalue weighted by Crippen LogP contribution is -2.42. The molecule has 8 nitrogen and oxygen atoms in total. The molecule has 0 fully saturated rings. The molecule has 0 aliphatic heterocycles. The van der Waals surface area contributed by atoms with Crippen LogP contribution in [0.25, 0.3) is 5.69 Å². The number of hydrogen-bond acceptors (Lipinski definition) is 4. The Labute approximate surface area is 189 Å². The van der Waals surface area contributed by atoms with Gasteiger partial charge in [0.25, 0.3) is 0 Å². The summed E-state index contributed by atoms with van der Waals surface area (Å²) in [6.07, 6.45) is 4.30. The van der Waals surface area contributed by atoms with Crippen LogP contribution in [0.1, 0.15) is 26.3 Å². The third kappa shape index (κ3) is 9.64. The molecular weight excluding hydrogens is 483 g/mol. The Morgan fingerprint density at radius 1 is 1.10 bits per heavy atom. The highest BCUT2D eigenvalue weighted by atomic mass is 127. The van der Waals surface area contributed by atoms with Crippen LogP contribution in [0.15, 0.2) is 47.7 Å². The van der Waals surface area contributed by atoms with Crippen LogP contribution in [0.4, 0.5) is 4.79 Å². The van der Waals surface area contributed by atoms with E-state index in [-0.39, 0.29) is 24.0 Å². The van der Waals surface area contributed by atoms with Gasteiger partial charge < -0.3 is 20.7 Å². The van der Waals surface area contributed by atoms with E-state index >= 15 is 0 Å². The van der Waals surface area contributed by atoms with Gasteiger partial charge in [-0.1, -0.05) is 18.2 Å². The number of para-hydroxylation sites is 1. The number of carbonyl (C=O) groups is 1. The Kier molecular flexibility index (Phi) is 10.5. The first-order valence-electron chi connectivity index (χ1n) is 9.38. The van der Waals surface area contributed by atoms with Crippen LogP contribution in [0.3, 0.4) is 0 Å². The highest BCUT2D eigenvalue weighted by molar-refractivity contribution is 14.0. The molecule has 0 saturated heterocycles. The summed E-state index contributed by atoms with van der Waals surface area (Å²) in [5.74, 6) is 0.682. The molecule has 0 radical (unpaired) electrons. The number of benzene rings is 1. The number of guanidine groups is 1. The zero-order chi connectivity index (χ0) is 20.4. The van der Waals surface area contributed by atoms with Crippen molar-refractivity contribution in [2.75, 3.05) is 26.7 Å². The molecule has 0 spiro atoms. The second-order valence-electron chi connectivity index (χ2n) is 7.23. The number of rotatable bonds is 7. The number of nitrogens with zero attached hydrogens (tertiary/aromatic N) is 3. The van der Waals surface area contributed by atoms with E-state index in [9.17, 15) is 4.79 Å². The minimum atomic E-state index is -0.497. The van der Waals surface area contributed by atoms with Gasteiger partial charge >= 0.3 is 6.09 Å². The van der Waals surface area contributed by atoms with Gasteiger partial charge in [-0.25, -0.2) is 9.48 Å². The normalized spacial score (nSPS) is 11.4. The van der Waals surface area contributed by atoms with Crippen molar-refractivity contribution in [2.45, 2.75) is 32.8 Å². The van der Waals surface area contributed by atoms with Crippen LogP contribution in [-0.4, -0.2) is 54.1 Å². The summed E-state index contributed by atoms with van der Waals surface area (Å²) in [5.41, 5.74) is 1.68. The van der Waals surface area contributed by atoms with Gasteiger partial charge in [0.2, 0.25) is 0 Å². The van der Waals surface area contributed by atoms with Gasteiger partial charge in [0.15, 0.2) is 5.96 Å². The van der Waals surface area contributed by atoms with E-state index in [0.717, 1.165) is 24.2 Å². The summed E-state index contributed by atoms with van der Waals surface area (Å²) in [4.78, 5) is 15.8. The molecule has 0 atom stereocenters. The second-order valence-corrected chi connectivity index (χ2v) is 7.23. The molecule has 0 aliphatic carbocycles. The molecule has 29 heavy (non-hydrogen) atoms. The minimum absolute atomic E-state index is 0. The van der Waals surface area contributed by atoms with Gasteiger partial charge in [0, 0.05) is 32.9 Å². The van der Waals surface area contributed by atoms with E-state index in [1.54, 1.807) is 7.05 Å². The molecule has 0 aliphatic rings. The number of nitrogens with one attached hydrogen (secondary N) is 3. The molecule has 1 heterocycles. The number of carbonyl (C=O) groups excluding carboxylic acids is 1. The summed E-state index contributed by atoms with van der Waals surface area (Å²) in [5, 5.41) is 13.5. The molecule has 1 aromatic carbocycles. The third-order valence-electron chi connectivity index (χ3n) is 3.67. The maximum absolute atomic E-state index is 11.6. The number of alkyl carbamates (subject to hydrolysis) is 1. The molecule has 0 bridgehead atoms. The summed E-state index contributed by atoms with van der Waals surface area (Å²) < 4.78 is 7.05. The Hall–Kier alpha value is -2.30. The topological polar surface area (TPSA) is 92.6 Å². The predicted molar refractivity (Wildman–Crippen MR) is 126 cm³/mol. The van der Waals surface area contributed by atoms with Crippen LogP contribution < -0.4 is 16.0 Å². The van der Waals surface area contributed by atoms with Crippen molar-refractivity contribution in [3.8, 4) is 5.69 Å². The number of ether oxygens (including phenoxy) is 1. The van der Waals surface area contributed by atoms with E-state index in [2.05, 4.69) is 26.0 Å². The molecule has 9 heteroatoms. The SMILES string of the molecule is CN=C(NCCNC(=O)OC(C)(C)C)NCCc1cnn(-c2ccccc2)c1.I. The Morgan fingerprint density at radius 3 is 2.41 bits per heavy atom. The fourth-order valence-electron chi connectivity index (χ4n) is 2.42. The average molecular weight is 514 g/mol. The lowest BCUT2D eigenvalue weighted by atomic mass is 10.2. The zero-order valence-corrected chi connectivity index (χ0v) is 19.8. The number of halogens is 1. The van der Waals surface area contributed by atoms with Gasteiger partial charge in [0.1, 0.15) is 5.60 Å². The molecule has 2 rings (SSSR count). The molecule has 2 aromatic rings. The van der Waals surface area contributed by atoms with Crippen molar-refractivity contribution in [3.63, 3.8) is 0 Å². The smallest absolute Gasteiger partial charge is 0.407 e. The van der Waals surface area contributed by atoms with Crippen molar-refractivity contribution >= 4 is 36.0 Å². The predicted octanol–water partition coefficient (Wildman–Crippen LogP) is 2.72. The van der Waals surface area contributed by atoms with Crippen molar-refractivity contribution in [1.29, 1.82) is 0 Å². The monoisotopic (exact) mass is 514 g/mol. The van der Waals surface area contributed by atoms with Gasteiger partial charge in [-0.15, -0.1) is 24.0 Å². The van der Waals surface area contributed by atoms with Gasteiger partial charge in [-0.3, -0.25) is 4.99 Å². The molecule has 1 aromatic heterocycles. The third-order valence-corrected chi connectivity index (χ3v) is 3.67. The van der Waals surface area contributed by atoms with Crippen LogP contribution in [-0.2, 0) is 11.2 Å². The Bertz CT molecular complexity index is 771. The van der Waals surface area contributed by atoms with Crippen LogP contribution >= 0.6 is 24.0 Å². The first-order chi connectivity index (χ1) is 13.4. The van der Waals surface area contributed by atoms with Crippen molar-refractivity contribution in [2.24, 2.45) is 4.99 Å². The maximum atomic E-state index is 11.6. The number of amides is 1. The lowest BCUT2D eigenvalue weighted by Gasteiger charge is -2.19. The quantitative estimate of drug-likeness (QED) is 0.229. The minimum Gasteiger partial charge on any atom is -0.444 e. The highest BCUT2D eigenvalue weighted by Gasteiger charge is 2.15. The summed E-state index contributed by atoms with van der Waals surface area (Å²) >= 11 is 0. The van der Waals surface area contributed by atoms with Crippen LogP contribution in [0.5, 0.6) is 0 Å². The first kappa shape index (κ1) is 24.7. The molecule has 0 saturated carbocycles. The van der Waals surface area contributed by atoms with E-state index in [0.29, 0.717) is 19.0 Å². The molecule has 0 unspecified atom stereocenters. The fraction of sp³-hybridized carbons (Fsp3) is 0.450. The summed E-state index contributed by atoms with van der Waals surface area (Å²) in [7, 11) is 1.71. The number of aromatic nitrogens is 2. The molecular formula is C20H31IN6O2. The van der Waals surface area contributed by atoms with E-state index in [1.165, 1.54) is 0 Å². The summed E-state index contributed by atoms with van der Waals surface area (Å²) in [6, 6.07) is 10.0. The van der Waals surface area contributed by atoms with Crippen LogP contribution in [0, 0.1) is 0 Å². The molecule has 160 valence electrons. The average Bonchev–Trinajstić information content (AvgIpc) is 3.12. The number of aliphatic imine (C=N–C) groups is 1. The first-order valence-corrected chi connectivity index (χ1v) is 9.38.